The van der Waals surface area contributed by atoms with E-state index in [1.807, 2.05) is 32.0 Å². The molecule has 1 saturated heterocycles. The molecule has 1 aliphatic rings. The minimum Gasteiger partial charge on any atom is -0.346 e. The standard InChI is InChI=1S/C14H19N5O/c1-9-6-15-13(16-9)11-4-5-19(7-11)14(20)12-8-18(3)17-10(12)2/h6,8,11H,4-5,7H2,1-3H3,(H,15,16)/t11-/m0/s1. The van der Waals surface area contributed by atoms with Gasteiger partial charge >= 0.3 is 0 Å². The molecule has 3 heterocycles. The second-order valence-corrected chi connectivity index (χ2v) is 5.49. The summed E-state index contributed by atoms with van der Waals surface area (Å²) in [6.07, 6.45) is 4.59. The number of likely N-dealkylation sites (tertiary alicyclic amines) is 1. The average Bonchev–Trinajstić information content (AvgIpc) is 3.08. The van der Waals surface area contributed by atoms with Crippen molar-refractivity contribution >= 4 is 5.91 Å². The third kappa shape index (κ3) is 2.21. The Kier molecular flexibility index (Phi) is 3.08. The lowest BCUT2D eigenvalue weighted by Crippen LogP contribution is -2.28. The molecule has 20 heavy (non-hydrogen) atoms. The molecular formula is C14H19N5O. The van der Waals surface area contributed by atoms with E-state index in [2.05, 4.69) is 15.1 Å². The first-order valence-electron chi connectivity index (χ1n) is 6.85. The summed E-state index contributed by atoms with van der Waals surface area (Å²) in [6, 6.07) is 0. The Hall–Kier alpha value is -2.11. The number of nitrogens with one attached hydrogen (secondary N) is 1. The average molecular weight is 273 g/mol. The van der Waals surface area contributed by atoms with Gasteiger partial charge in [0.15, 0.2) is 0 Å². The predicted molar refractivity (Wildman–Crippen MR) is 74.5 cm³/mol. The van der Waals surface area contributed by atoms with Gasteiger partial charge < -0.3 is 9.88 Å². The molecule has 1 amide bonds. The van der Waals surface area contributed by atoms with Gasteiger partial charge in [0.1, 0.15) is 5.82 Å². The number of aromatic nitrogens is 4. The number of carbonyl (C=O) groups is 1. The Morgan fingerprint density at radius 2 is 2.25 bits per heavy atom. The molecule has 6 nitrogen and oxygen atoms in total. The Morgan fingerprint density at radius 1 is 1.45 bits per heavy atom. The van der Waals surface area contributed by atoms with Crippen molar-refractivity contribution in [1.29, 1.82) is 0 Å². The molecule has 3 rings (SSSR count). The molecule has 0 spiro atoms. The number of aromatic amines is 1. The molecule has 0 aliphatic carbocycles. The fraction of sp³-hybridized carbons (Fsp3) is 0.500. The van der Waals surface area contributed by atoms with Crippen LogP contribution < -0.4 is 0 Å². The van der Waals surface area contributed by atoms with Crippen molar-refractivity contribution in [2.45, 2.75) is 26.2 Å². The quantitative estimate of drug-likeness (QED) is 0.899. The minimum absolute atomic E-state index is 0.0707. The molecule has 0 radical (unpaired) electrons. The summed E-state index contributed by atoms with van der Waals surface area (Å²) in [5.74, 6) is 1.37. The van der Waals surface area contributed by atoms with Crippen LogP contribution >= 0.6 is 0 Å². The topological polar surface area (TPSA) is 66.8 Å². The van der Waals surface area contributed by atoms with Crippen molar-refractivity contribution in [2.75, 3.05) is 13.1 Å². The van der Waals surface area contributed by atoms with E-state index < -0.39 is 0 Å². The molecule has 6 heteroatoms. The maximum Gasteiger partial charge on any atom is 0.257 e. The zero-order valence-corrected chi connectivity index (χ0v) is 12.1. The molecule has 0 aromatic carbocycles. The van der Waals surface area contributed by atoms with Crippen LogP contribution in [0.2, 0.25) is 0 Å². The number of amides is 1. The van der Waals surface area contributed by atoms with Crippen LogP contribution in [0.4, 0.5) is 0 Å². The lowest BCUT2D eigenvalue weighted by Gasteiger charge is -2.15. The van der Waals surface area contributed by atoms with E-state index in [4.69, 9.17) is 0 Å². The highest BCUT2D eigenvalue weighted by Crippen LogP contribution is 2.26. The fourth-order valence-electron chi connectivity index (χ4n) is 2.79. The van der Waals surface area contributed by atoms with Crippen molar-refractivity contribution in [2.24, 2.45) is 7.05 Å². The Bertz CT molecular complexity index is 642. The SMILES string of the molecule is Cc1cnc([C@H]2CCN(C(=O)c3cn(C)nc3C)C2)[nH]1. The summed E-state index contributed by atoms with van der Waals surface area (Å²) in [6.45, 7) is 5.36. The van der Waals surface area contributed by atoms with Crippen LogP contribution in [0.5, 0.6) is 0 Å². The first kappa shape index (κ1) is 12.9. The zero-order valence-electron chi connectivity index (χ0n) is 12.1. The lowest BCUT2D eigenvalue weighted by molar-refractivity contribution is 0.0790. The summed E-state index contributed by atoms with van der Waals surface area (Å²) in [4.78, 5) is 22.0. The van der Waals surface area contributed by atoms with Crippen LogP contribution in [0.1, 0.15) is 39.9 Å². The van der Waals surface area contributed by atoms with Crippen LogP contribution in [0, 0.1) is 13.8 Å². The number of nitrogens with zero attached hydrogens (tertiary/aromatic N) is 4. The summed E-state index contributed by atoms with van der Waals surface area (Å²) < 4.78 is 1.69. The highest BCUT2D eigenvalue weighted by molar-refractivity contribution is 5.95. The molecule has 1 fully saturated rings. The van der Waals surface area contributed by atoms with E-state index >= 15 is 0 Å². The molecule has 1 aliphatic heterocycles. The third-order valence-electron chi connectivity index (χ3n) is 3.83. The normalized spacial score (nSPS) is 18.8. The molecule has 2 aromatic heterocycles. The van der Waals surface area contributed by atoms with Gasteiger partial charge in [-0.25, -0.2) is 4.98 Å². The van der Waals surface area contributed by atoms with E-state index in [0.29, 0.717) is 11.5 Å². The Balaban J connectivity index is 1.74. The van der Waals surface area contributed by atoms with Crippen LogP contribution in [-0.2, 0) is 7.05 Å². The lowest BCUT2D eigenvalue weighted by atomic mass is 10.1. The summed E-state index contributed by atoms with van der Waals surface area (Å²) in [5.41, 5.74) is 2.55. The number of carbonyl (C=O) groups excluding carboxylic acids is 1. The number of aryl methyl sites for hydroxylation is 3. The van der Waals surface area contributed by atoms with Crippen LogP contribution in [-0.4, -0.2) is 43.6 Å². The van der Waals surface area contributed by atoms with E-state index in [1.54, 1.807) is 10.9 Å². The van der Waals surface area contributed by atoms with E-state index in [-0.39, 0.29) is 5.91 Å². The predicted octanol–water partition coefficient (Wildman–Crippen LogP) is 1.39. The van der Waals surface area contributed by atoms with E-state index in [9.17, 15) is 4.79 Å². The number of H-pyrrole nitrogens is 1. The van der Waals surface area contributed by atoms with Crippen molar-refractivity contribution < 1.29 is 4.79 Å². The smallest absolute Gasteiger partial charge is 0.257 e. The molecule has 0 bridgehead atoms. The second kappa shape index (κ2) is 4.77. The van der Waals surface area contributed by atoms with Gasteiger partial charge in [-0.2, -0.15) is 5.10 Å². The molecular weight excluding hydrogens is 254 g/mol. The van der Waals surface area contributed by atoms with Gasteiger partial charge in [-0.3, -0.25) is 9.48 Å². The van der Waals surface area contributed by atoms with Crippen LogP contribution in [0.25, 0.3) is 0 Å². The third-order valence-corrected chi connectivity index (χ3v) is 3.83. The highest BCUT2D eigenvalue weighted by atomic mass is 16.2. The first-order chi connectivity index (χ1) is 9.54. The molecule has 2 aromatic rings. The summed E-state index contributed by atoms with van der Waals surface area (Å²) in [7, 11) is 1.84. The Morgan fingerprint density at radius 3 is 2.85 bits per heavy atom. The second-order valence-electron chi connectivity index (χ2n) is 5.49. The number of rotatable bonds is 2. The zero-order chi connectivity index (χ0) is 14.3. The highest BCUT2D eigenvalue weighted by Gasteiger charge is 2.30. The summed E-state index contributed by atoms with van der Waals surface area (Å²) >= 11 is 0. The monoisotopic (exact) mass is 273 g/mol. The molecule has 0 saturated carbocycles. The van der Waals surface area contributed by atoms with E-state index in [0.717, 1.165) is 36.7 Å². The van der Waals surface area contributed by atoms with Gasteiger partial charge in [0.25, 0.3) is 5.91 Å². The van der Waals surface area contributed by atoms with Crippen molar-refractivity contribution in [3.63, 3.8) is 0 Å². The fourth-order valence-corrected chi connectivity index (χ4v) is 2.79. The minimum atomic E-state index is 0.0707. The van der Waals surface area contributed by atoms with Crippen molar-refractivity contribution in [3.8, 4) is 0 Å². The van der Waals surface area contributed by atoms with Crippen molar-refractivity contribution in [3.05, 3.63) is 35.2 Å². The van der Waals surface area contributed by atoms with Crippen LogP contribution in [0.3, 0.4) is 0 Å². The van der Waals surface area contributed by atoms with E-state index in [1.165, 1.54) is 0 Å². The number of hydrogen-bond acceptors (Lipinski definition) is 3. The number of hydrogen-bond donors (Lipinski definition) is 1. The maximum atomic E-state index is 12.5. The van der Waals surface area contributed by atoms with Gasteiger partial charge in [0.05, 0.1) is 11.3 Å². The van der Waals surface area contributed by atoms with Gasteiger partial charge in [-0.15, -0.1) is 0 Å². The van der Waals surface area contributed by atoms with Gasteiger partial charge in [-0.05, 0) is 20.3 Å². The van der Waals surface area contributed by atoms with Crippen molar-refractivity contribution in [1.82, 2.24) is 24.6 Å². The van der Waals surface area contributed by atoms with Gasteiger partial charge in [0, 0.05) is 44.1 Å². The molecule has 1 atom stereocenters. The van der Waals surface area contributed by atoms with Gasteiger partial charge in [0.2, 0.25) is 0 Å². The largest absolute Gasteiger partial charge is 0.346 e. The summed E-state index contributed by atoms with van der Waals surface area (Å²) in [5, 5.41) is 4.23. The number of imidazole rings is 1. The Labute approximate surface area is 117 Å². The molecule has 0 unspecified atom stereocenters. The molecule has 106 valence electrons. The van der Waals surface area contributed by atoms with Gasteiger partial charge in [-0.1, -0.05) is 0 Å². The molecule has 1 N–H and O–H groups in total. The first-order valence-corrected chi connectivity index (χ1v) is 6.85. The maximum absolute atomic E-state index is 12.5. The van der Waals surface area contributed by atoms with Crippen LogP contribution in [0.15, 0.2) is 12.4 Å².